The number of nitrogens with zero attached hydrogens (tertiary/aromatic N) is 3. The summed E-state index contributed by atoms with van der Waals surface area (Å²) in [7, 11) is -3.70. The second-order valence-electron chi connectivity index (χ2n) is 9.50. The molecule has 2 heterocycles. The third-order valence-corrected chi connectivity index (χ3v) is 8.51. The molecule has 4 rings (SSSR count). The molecule has 1 atom stereocenters. The molecule has 35 heavy (non-hydrogen) atoms. The average molecular weight is 497 g/mol. The van der Waals surface area contributed by atoms with Crippen LogP contribution in [0.4, 0.5) is 5.69 Å². The maximum absolute atomic E-state index is 13.4. The number of para-hydroxylation sites is 1. The monoisotopic (exact) mass is 496 g/mol. The van der Waals surface area contributed by atoms with E-state index in [1.807, 2.05) is 45.9 Å². The molecule has 1 unspecified atom stereocenters. The maximum Gasteiger partial charge on any atom is 0.260 e. The number of hydrogen-bond acceptors (Lipinski definition) is 6. The minimum absolute atomic E-state index is 0.0630. The molecule has 0 aliphatic carbocycles. The zero-order chi connectivity index (χ0) is 25.3. The summed E-state index contributed by atoms with van der Waals surface area (Å²) < 4.78 is 33.7. The second kappa shape index (κ2) is 9.91. The highest BCUT2D eigenvalue weighted by Crippen LogP contribution is 2.32. The van der Waals surface area contributed by atoms with Crippen LogP contribution >= 0.6 is 0 Å². The lowest BCUT2D eigenvalue weighted by molar-refractivity contribution is 0.102. The van der Waals surface area contributed by atoms with Crippen molar-refractivity contribution in [1.29, 1.82) is 0 Å². The summed E-state index contributed by atoms with van der Waals surface area (Å²) >= 11 is 0. The van der Waals surface area contributed by atoms with Crippen LogP contribution in [-0.4, -0.2) is 41.4 Å². The molecule has 0 bridgehead atoms. The molecule has 0 spiro atoms. The second-order valence-corrected chi connectivity index (χ2v) is 11.4. The molecule has 1 aliphatic rings. The van der Waals surface area contributed by atoms with Gasteiger partial charge >= 0.3 is 0 Å². The summed E-state index contributed by atoms with van der Waals surface area (Å²) in [6.45, 7) is 10.0. The van der Waals surface area contributed by atoms with Gasteiger partial charge in [-0.3, -0.25) is 4.79 Å². The Kier molecular flexibility index (Phi) is 7.10. The number of aromatic nitrogens is 2. The van der Waals surface area contributed by atoms with Gasteiger partial charge in [0.25, 0.3) is 11.8 Å². The maximum atomic E-state index is 13.4. The predicted molar refractivity (Wildman–Crippen MR) is 135 cm³/mol. The van der Waals surface area contributed by atoms with Gasteiger partial charge < -0.3 is 9.84 Å². The fraction of sp³-hybridized carbons (Fsp3) is 0.423. The fourth-order valence-electron chi connectivity index (χ4n) is 4.34. The highest BCUT2D eigenvalue weighted by atomic mass is 32.2. The molecular weight excluding hydrogens is 464 g/mol. The summed E-state index contributed by atoms with van der Waals surface area (Å²) in [5.41, 5.74) is 2.97. The van der Waals surface area contributed by atoms with E-state index in [1.165, 1.54) is 6.07 Å². The van der Waals surface area contributed by atoms with E-state index in [0.717, 1.165) is 24.8 Å². The number of sulfonamides is 1. The molecule has 3 aromatic rings. The molecule has 2 aromatic carbocycles. The first-order chi connectivity index (χ1) is 16.6. The van der Waals surface area contributed by atoms with E-state index in [0.29, 0.717) is 40.6 Å². The Morgan fingerprint density at radius 2 is 1.91 bits per heavy atom. The number of nitrogens with one attached hydrogen (secondary N) is 1. The average Bonchev–Trinajstić information content (AvgIpc) is 3.31. The van der Waals surface area contributed by atoms with Crippen LogP contribution in [0.5, 0.6) is 0 Å². The molecule has 1 aromatic heterocycles. The van der Waals surface area contributed by atoms with Crippen LogP contribution < -0.4 is 5.32 Å². The van der Waals surface area contributed by atoms with Gasteiger partial charge in [-0.1, -0.05) is 43.6 Å². The highest BCUT2D eigenvalue weighted by molar-refractivity contribution is 7.89. The number of benzene rings is 2. The first kappa shape index (κ1) is 25.1. The molecule has 1 N–H and O–H groups in total. The van der Waals surface area contributed by atoms with Gasteiger partial charge in [0, 0.05) is 24.1 Å². The lowest BCUT2D eigenvalue weighted by atomic mass is 10.1. The minimum Gasteiger partial charge on any atom is -0.334 e. The van der Waals surface area contributed by atoms with Crippen LogP contribution in [0.25, 0.3) is 11.5 Å². The van der Waals surface area contributed by atoms with Crippen molar-refractivity contribution in [2.75, 3.05) is 11.9 Å². The van der Waals surface area contributed by atoms with Gasteiger partial charge in [0.1, 0.15) is 0 Å². The third kappa shape index (κ3) is 5.01. The number of carbonyl (C=O) groups is 1. The molecular formula is C26H32N4O4S. The molecule has 1 aliphatic heterocycles. The smallest absolute Gasteiger partial charge is 0.260 e. The van der Waals surface area contributed by atoms with Gasteiger partial charge in [0.2, 0.25) is 10.0 Å². The van der Waals surface area contributed by atoms with E-state index in [9.17, 15) is 13.2 Å². The van der Waals surface area contributed by atoms with Crippen molar-refractivity contribution in [3.05, 3.63) is 58.9 Å². The van der Waals surface area contributed by atoms with Gasteiger partial charge in [-0.2, -0.15) is 9.29 Å². The Morgan fingerprint density at radius 3 is 2.60 bits per heavy atom. The normalized spacial score (nSPS) is 17.0. The van der Waals surface area contributed by atoms with Crippen LogP contribution in [0, 0.1) is 13.8 Å². The van der Waals surface area contributed by atoms with Crippen molar-refractivity contribution in [2.24, 2.45) is 0 Å². The molecule has 186 valence electrons. The lowest BCUT2D eigenvalue weighted by Crippen LogP contribution is -2.42. The van der Waals surface area contributed by atoms with Crippen LogP contribution in [0.1, 0.15) is 73.3 Å². The summed E-state index contributed by atoms with van der Waals surface area (Å²) in [5, 5.41) is 7.00. The Labute approximate surface area is 206 Å². The Hall–Kier alpha value is -3.04. The van der Waals surface area contributed by atoms with Gasteiger partial charge in [-0.15, -0.1) is 0 Å². The van der Waals surface area contributed by atoms with Crippen LogP contribution in [-0.2, 0) is 10.0 Å². The number of anilines is 1. The number of carbonyl (C=O) groups excluding carboxylic acids is 1. The zero-order valence-electron chi connectivity index (χ0n) is 20.8. The lowest BCUT2D eigenvalue weighted by Gasteiger charge is -2.32. The number of rotatable bonds is 6. The van der Waals surface area contributed by atoms with Gasteiger partial charge in [0.15, 0.2) is 5.82 Å². The molecule has 0 saturated carbocycles. The minimum atomic E-state index is -3.70. The molecule has 8 nitrogen and oxygen atoms in total. The Bertz CT molecular complexity index is 1350. The van der Waals surface area contributed by atoms with Crippen LogP contribution in [0.15, 0.2) is 45.8 Å². The van der Waals surface area contributed by atoms with E-state index < -0.39 is 15.9 Å². The summed E-state index contributed by atoms with van der Waals surface area (Å²) in [6.07, 6.45) is 2.70. The van der Waals surface area contributed by atoms with Crippen molar-refractivity contribution in [3.63, 3.8) is 0 Å². The summed E-state index contributed by atoms with van der Waals surface area (Å²) in [4.78, 5) is 18.0. The first-order valence-corrected chi connectivity index (χ1v) is 13.4. The van der Waals surface area contributed by atoms with Crippen molar-refractivity contribution >= 4 is 21.6 Å². The Balaban J connectivity index is 1.67. The predicted octanol–water partition coefficient (Wildman–Crippen LogP) is 5.29. The van der Waals surface area contributed by atoms with Crippen molar-refractivity contribution in [3.8, 4) is 11.5 Å². The van der Waals surface area contributed by atoms with Crippen LogP contribution in [0.2, 0.25) is 0 Å². The largest absolute Gasteiger partial charge is 0.334 e. The Morgan fingerprint density at radius 1 is 1.14 bits per heavy atom. The standard InChI is InChI=1S/C26H32N4O4S/c1-16(2)24-28-26(34-29-24)21-11-8-9-18(4)23(21)27-25(31)22-15-20(13-12-17(22)3)35(32,33)30-14-7-6-10-19(30)5/h8-9,11-13,15-16,19H,6-7,10,14H2,1-5H3,(H,27,31). The van der Waals surface area contributed by atoms with Crippen LogP contribution in [0.3, 0.4) is 0 Å². The summed E-state index contributed by atoms with van der Waals surface area (Å²) in [5.74, 6) is 0.606. The number of hydrogen-bond donors (Lipinski definition) is 1. The quantitative estimate of drug-likeness (QED) is 0.497. The van der Waals surface area contributed by atoms with Crippen molar-refractivity contribution < 1.29 is 17.7 Å². The molecule has 1 amide bonds. The SMILES string of the molecule is Cc1ccc(S(=O)(=O)N2CCCCC2C)cc1C(=O)Nc1c(C)cccc1-c1nc(C(C)C)no1. The fourth-order valence-corrected chi connectivity index (χ4v) is 6.07. The van der Waals surface area contributed by atoms with Gasteiger partial charge in [-0.25, -0.2) is 8.42 Å². The van der Waals surface area contributed by atoms with E-state index in [-0.39, 0.29) is 16.9 Å². The number of piperidine rings is 1. The van der Waals surface area contributed by atoms with Gasteiger partial charge in [-0.05, 0) is 62.9 Å². The number of amides is 1. The van der Waals surface area contributed by atoms with E-state index >= 15 is 0 Å². The summed E-state index contributed by atoms with van der Waals surface area (Å²) in [6, 6.07) is 10.2. The molecule has 1 saturated heterocycles. The van der Waals surface area contributed by atoms with Crippen molar-refractivity contribution in [2.45, 2.75) is 70.7 Å². The molecule has 1 fully saturated rings. The third-order valence-electron chi connectivity index (χ3n) is 6.50. The van der Waals surface area contributed by atoms with E-state index in [4.69, 9.17) is 4.52 Å². The zero-order valence-corrected chi connectivity index (χ0v) is 21.6. The molecule has 0 radical (unpaired) electrons. The number of aryl methyl sites for hydroxylation is 2. The van der Waals surface area contributed by atoms with Gasteiger partial charge in [0.05, 0.1) is 16.1 Å². The van der Waals surface area contributed by atoms with E-state index in [1.54, 1.807) is 23.4 Å². The first-order valence-electron chi connectivity index (χ1n) is 12.0. The highest BCUT2D eigenvalue weighted by Gasteiger charge is 2.31. The molecule has 9 heteroatoms. The van der Waals surface area contributed by atoms with E-state index in [2.05, 4.69) is 15.5 Å². The van der Waals surface area contributed by atoms with Crippen molar-refractivity contribution in [1.82, 2.24) is 14.4 Å². The topological polar surface area (TPSA) is 105 Å².